The topological polar surface area (TPSA) is 72.3 Å². The van der Waals surface area contributed by atoms with Crippen molar-refractivity contribution in [3.05, 3.63) is 49.1 Å². The summed E-state index contributed by atoms with van der Waals surface area (Å²) in [5, 5.41) is 7.00. The van der Waals surface area contributed by atoms with Gasteiger partial charge in [0.05, 0.1) is 23.9 Å². The van der Waals surface area contributed by atoms with Gasteiger partial charge < -0.3 is 4.57 Å². The number of benzene rings is 1. The molecule has 6 heteroatoms. The molecule has 1 aliphatic rings. The fraction of sp³-hybridized carbons (Fsp3) is 0.333. The number of hydrogen-bond donors (Lipinski definition) is 1. The van der Waals surface area contributed by atoms with Gasteiger partial charge in [0.2, 0.25) is 0 Å². The highest BCUT2D eigenvalue weighted by Gasteiger charge is 2.16. The Morgan fingerprint density at radius 2 is 1.78 bits per heavy atom. The maximum absolute atomic E-state index is 4.88. The third-order valence-electron chi connectivity index (χ3n) is 5.50. The van der Waals surface area contributed by atoms with Gasteiger partial charge >= 0.3 is 0 Å². The van der Waals surface area contributed by atoms with E-state index in [1.54, 1.807) is 6.20 Å². The van der Waals surface area contributed by atoms with Crippen LogP contribution in [0, 0.1) is 5.92 Å². The number of rotatable bonds is 4. The fourth-order valence-corrected chi connectivity index (χ4v) is 3.99. The number of hydrogen-bond acceptors (Lipinski definition) is 4. The van der Waals surface area contributed by atoms with E-state index in [9.17, 15) is 0 Å². The number of nitrogens with one attached hydrogen (secondary N) is 1. The van der Waals surface area contributed by atoms with Crippen LogP contribution in [-0.4, -0.2) is 29.7 Å². The summed E-state index contributed by atoms with van der Waals surface area (Å²) in [4.78, 5) is 13.9. The first kappa shape index (κ1) is 16.2. The second kappa shape index (κ2) is 6.95. The van der Waals surface area contributed by atoms with Crippen LogP contribution in [0.4, 0.5) is 0 Å². The Balaban J connectivity index is 1.44. The van der Waals surface area contributed by atoms with Gasteiger partial charge in [0.1, 0.15) is 0 Å². The summed E-state index contributed by atoms with van der Waals surface area (Å²) in [7, 11) is 0. The van der Waals surface area contributed by atoms with Gasteiger partial charge in [0.25, 0.3) is 0 Å². The van der Waals surface area contributed by atoms with E-state index in [4.69, 9.17) is 4.98 Å². The Bertz CT molecular complexity index is 1030. The minimum atomic E-state index is 0.726. The number of aromatic nitrogens is 6. The molecule has 4 aromatic rings. The lowest BCUT2D eigenvalue weighted by Gasteiger charge is -2.21. The summed E-state index contributed by atoms with van der Waals surface area (Å²) in [6, 6.07) is 10.3. The third-order valence-corrected chi connectivity index (χ3v) is 5.50. The molecule has 0 spiro atoms. The molecule has 1 aliphatic carbocycles. The second-order valence-corrected chi connectivity index (χ2v) is 7.35. The van der Waals surface area contributed by atoms with Crippen molar-refractivity contribution < 1.29 is 0 Å². The highest BCUT2D eigenvalue weighted by atomic mass is 15.1. The zero-order valence-corrected chi connectivity index (χ0v) is 15.2. The van der Waals surface area contributed by atoms with Gasteiger partial charge in [-0.05, 0) is 30.4 Å². The molecule has 0 atom stereocenters. The Labute approximate surface area is 157 Å². The van der Waals surface area contributed by atoms with Crippen LogP contribution >= 0.6 is 0 Å². The Kier molecular flexibility index (Phi) is 4.16. The summed E-state index contributed by atoms with van der Waals surface area (Å²) < 4.78 is 2.18. The summed E-state index contributed by atoms with van der Waals surface area (Å²) >= 11 is 0. The van der Waals surface area contributed by atoms with Crippen molar-refractivity contribution in [2.75, 3.05) is 0 Å². The first-order chi connectivity index (χ1) is 13.4. The maximum Gasteiger partial charge on any atom is 0.197 e. The number of nitrogens with zero attached hydrogens (tertiary/aromatic N) is 5. The lowest BCUT2D eigenvalue weighted by Crippen LogP contribution is -2.13. The quantitative estimate of drug-likeness (QED) is 0.584. The van der Waals surface area contributed by atoms with Gasteiger partial charge in [0.15, 0.2) is 11.3 Å². The molecule has 0 radical (unpaired) electrons. The monoisotopic (exact) mass is 358 g/mol. The number of imidazole rings is 1. The van der Waals surface area contributed by atoms with Crippen LogP contribution in [0.3, 0.4) is 0 Å². The van der Waals surface area contributed by atoms with Crippen molar-refractivity contribution in [2.45, 2.75) is 38.6 Å². The van der Waals surface area contributed by atoms with E-state index >= 15 is 0 Å². The molecule has 3 heterocycles. The number of fused-ring (bicyclic) bond motifs is 1. The van der Waals surface area contributed by atoms with Crippen LogP contribution in [0.25, 0.3) is 33.8 Å². The molecule has 0 saturated heterocycles. The summed E-state index contributed by atoms with van der Waals surface area (Å²) in [5.41, 5.74) is 5.66. The van der Waals surface area contributed by atoms with Gasteiger partial charge in [-0.2, -0.15) is 5.10 Å². The molecule has 0 aliphatic heterocycles. The number of aromatic amines is 1. The normalized spacial score (nSPS) is 15.4. The number of H-pyrrole nitrogens is 1. The van der Waals surface area contributed by atoms with E-state index in [1.165, 1.54) is 32.1 Å². The molecule has 1 saturated carbocycles. The van der Waals surface area contributed by atoms with Crippen LogP contribution in [0.15, 0.2) is 49.1 Å². The van der Waals surface area contributed by atoms with Crippen LogP contribution in [0.1, 0.15) is 32.1 Å². The fourth-order valence-electron chi connectivity index (χ4n) is 3.99. The van der Waals surface area contributed by atoms with Crippen molar-refractivity contribution in [2.24, 2.45) is 5.92 Å². The Morgan fingerprint density at radius 1 is 0.963 bits per heavy atom. The standard InChI is InChI=1S/C21H22N6/c1-2-4-15(5-3-1)13-27-14-23-20-21(27)25-19(12-22-20)17-8-6-16(7-9-17)18-10-11-24-26-18/h6-12,14-15H,1-5,13H2,(H,24,26). The van der Waals surface area contributed by atoms with Crippen molar-refractivity contribution in [1.82, 2.24) is 29.7 Å². The van der Waals surface area contributed by atoms with Gasteiger partial charge in [-0.15, -0.1) is 0 Å². The molecule has 6 nitrogen and oxygen atoms in total. The average molecular weight is 358 g/mol. The highest BCUT2D eigenvalue weighted by Crippen LogP contribution is 2.27. The maximum atomic E-state index is 4.88. The van der Waals surface area contributed by atoms with Crippen LogP contribution in [0.5, 0.6) is 0 Å². The van der Waals surface area contributed by atoms with Crippen LogP contribution in [0.2, 0.25) is 0 Å². The van der Waals surface area contributed by atoms with Gasteiger partial charge in [-0.25, -0.2) is 15.0 Å². The molecule has 1 N–H and O–H groups in total. The van der Waals surface area contributed by atoms with E-state index in [0.717, 1.165) is 46.3 Å². The molecule has 1 fully saturated rings. The van der Waals surface area contributed by atoms with Crippen molar-refractivity contribution >= 4 is 11.3 Å². The first-order valence-corrected chi connectivity index (χ1v) is 9.65. The van der Waals surface area contributed by atoms with Gasteiger partial charge in [-0.3, -0.25) is 5.10 Å². The van der Waals surface area contributed by atoms with Gasteiger partial charge in [-0.1, -0.05) is 43.5 Å². The molecule has 5 rings (SSSR count). The second-order valence-electron chi connectivity index (χ2n) is 7.35. The first-order valence-electron chi connectivity index (χ1n) is 9.65. The molecule has 1 aromatic carbocycles. The van der Waals surface area contributed by atoms with E-state index in [2.05, 4.69) is 49.0 Å². The SMILES string of the molecule is c1cc(-c2ccc(-c3cnc4ncn(CC5CCCCC5)c4n3)cc2)[nH]n1. The predicted molar refractivity (Wildman–Crippen MR) is 105 cm³/mol. The summed E-state index contributed by atoms with van der Waals surface area (Å²) in [6.45, 7) is 0.993. The molecule has 3 aromatic heterocycles. The minimum Gasteiger partial charge on any atom is -0.314 e. The summed E-state index contributed by atoms with van der Waals surface area (Å²) in [5.74, 6) is 0.732. The van der Waals surface area contributed by atoms with Crippen molar-refractivity contribution in [1.29, 1.82) is 0 Å². The largest absolute Gasteiger partial charge is 0.314 e. The molecule has 27 heavy (non-hydrogen) atoms. The smallest absolute Gasteiger partial charge is 0.197 e. The van der Waals surface area contributed by atoms with Crippen LogP contribution in [-0.2, 0) is 6.54 Å². The molecule has 136 valence electrons. The third kappa shape index (κ3) is 3.23. The molecule has 0 unspecified atom stereocenters. The molecule has 0 bridgehead atoms. The van der Waals surface area contributed by atoms with E-state index in [0.29, 0.717) is 0 Å². The molecule has 0 amide bonds. The van der Waals surface area contributed by atoms with Crippen molar-refractivity contribution in [3.8, 4) is 22.5 Å². The Hall–Kier alpha value is -3.02. The zero-order valence-electron chi connectivity index (χ0n) is 15.2. The lowest BCUT2D eigenvalue weighted by molar-refractivity contribution is 0.321. The van der Waals surface area contributed by atoms with E-state index in [1.807, 2.05) is 18.6 Å². The zero-order chi connectivity index (χ0) is 18.1. The van der Waals surface area contributed by atoms with E-state index < -0.39 is 0 Å². The molecular formula is C21H22N6. The Morgan fingerprint density at radius 3 is 2.56 bits per heavy atom. The highest BCUT2D eigenvalue weighted by molar-refractivity contribution is 5.72. The molecular weight excluding hydrogens is 336 g/mol. The summed E-state index contributed by atoms with van der Waals surface area (Å²) in [6.07, 6.45) is 12.1. The van der Waals surface area contributed by atoms with Gasteiger partial charge in [0, 0.05) is 18.3 Å². The van der Waals surface area contributed by atoms with E-state index in [-0.39, 0.29) is 0 Å². The lowest BCUT2D eigenvalue weighted by atomic mass is 9.89. The average Bonchev–Trinajstić information content (AvgIpc) is 3.39. The van der Waals surface area contributed by atoms with Crippen molar-refractivity contribution in [3.63, 3.8) is 0 Å². The minimum absolute atomic E-state index is 0.726. The van der Waals surface area contributed by atoms with Crippen LogP contribution < -0.4 is 0 Å². The predicted octanol–water partition coefficient (Wildman–Crippen LogP) is 4.46.